The molecule has 1 unspecified atom stereocenters. The predicted molar refractivity (Wildman–Crippen MR) is 94.5 cm³/mol. The van der Waals surface area contributed by atoms with Gasteiger partial charge in [-0.2, -0.15) is 4.31 Å². The second-order valence-corrected chi connectivity index (χ2v) is 9.06. The first-order valence-corrected chi connectivity index (χ1v) is 10.4. The summed E-state index contributed by atoms with van der Waals surface area (Å²) in [7, 11) is -3.54. The molecule has 1 atom stereocenters. The standard InChI is InChI=1S/C15H22N4O4S2/c1-11(14(20)18-15(16)21)24-13-7-6-12(10-17-13)25(22,23)19-8-4-2-3-5-9-19/h6-7,10-11H,2-5,8-9H2,1H3,(H3,16,18,20,21). The van der Waals surface area contributed by atoms with Crippen molar-refractivity contribution in [3.05, 3.63) is 18.3 Å². The summed E-state index contributed by atoms with van der Waals surface area (Å²) in [4.78, 5) is 26.6. The van der Waals surface area contributed by atoms with E-state index in [1.165, 1.54) is 16.6 Å². The summed E-state index contributed by atoms with van der Waals surface area (Å²) < 4.78 is 26.8. The van der Waals surface area contributed by atoms with E-state index in [1.54, 1.807) is 13.0 Å². The normalized spacial score (nSPS) is 17.5. The number of pyridine rings is 1. The molecule has 8 nitrogen and oxygen atoms in total. The van der Waals surface area contributed by atoms with Gasteiger partial charge in [0, 0.05) is 19.3 Å². The third kappa shape index (κ3) is 5.41. The number of carbonyl (C=O) groups excluding carboxylic acids is 2. The van der Waals surface area contributed by atoms with Crippen LogP contribution in [-0.4, -0.2) is 48.0 Å². The molecule has 3 N–H and O–H groups in total. The number of aromatic nitrogens is 1. The number of hydrogen-bond acceptors (Lipinski definition) is 6. The Morgan fingerprint density at radius 1 is 1.24 bits per heavy atom. The summed E-state index contributed by atoms with van der Waals surface area (Å²) >= 11 is 1.11. The predicted octanol–water partition coefficient (Wildman–Crippen LogP) is 1.32. The Labute approximate surface area is 151 Å². The molecule has 1 aromatic heterocycles. The molecule has 0 radical (unpaired) electrons. The Bertz CT molecular complexity index is 714. The van der Waals surface area contributed by atoms with Gasteiger partial charge in [-0.05, 0) is 31.9 Å². The third-order valence-electron chi connectivity index (χ3n) is 3.83. The highest BCUT2D eigenvalue weighted by Crippen LogP contribution is 2.24. The van der Waals surface area contributed by atoms with Crippen molar-refractivity contribution in [2.24, 2.45) is 5.73 Å². The molecule has 0 aliphatic carbocycles. The van der Waals surface area contributed by atoms with Crippen LogP contribution in [0.1, 0.15) is 32.6 Å². The maximum atomic E-state index is 12.7. The van der Waals surface area contributed by atoms with Crippen molar-refractivity contribution in [2.75, 3.05) is 13.1 Å². The van der Waals surface area contributed by atoms with E-state index in [9.17, 15) is 18.0 Å². The van der Waals surface area contributed by atoms with E-state index in [1.807, 2.05) is 5.32 Å². The largest absolute Gasteiger partial charge is 0.351 e. The second-order valence-electron chi connectivity index (χ2n) is 5.76. The van der Waals surface area contributed by atoms with Gasteiger partial charge in [0.15, 0.2) is 0 Å². The third-order valence-corrected chi connectivity index (χ3v) is 6.76. The average molecular weight is 386 g/mol. The SMILES string of the molecule is CC(Sc1ccc(S(=O)(=O)N2CCCCCC2)cn1)C(=O)NC(N)=O. The van der Waals surface area contributed by atoms with Crippen molar-refractivity contribution in [1.29, 1.82) is 0 Å². The number of carbonyl (C=O) groups is 2. The summed E-state index contributed by atoms with van der Waals surface area (Å²) in [5.74, 6) is -0.527. The average Bonchev–Trinajstić information content (AvgIpc) is 2.84. The number of sulfonamides is 1. The molecule has 1 fully saturated rings. The lowest BCUT2D eigenvalue weighted by molar-refractivity contribution is -0.119. The summed E-state index contributed by atoms with van der Waals surface area (Å²) in [6.45, 7) is 2.67. The van der Waals surface area contributed by atoms with Gasteiger partial charge in [-0.1, -0.05) is 24.6 Å². The highest BCUT2D eigenvalue weighted by atomic mass is 32.2. The summed E-state index contributed by atoms with van der Waals surface area (Å²) in [5.41, 5.74) is 4.91. The number of nitrogens with one attached hydrogen (secondary N) is 1. The molecular weight excluding hydrogens is 364 g/mol. The Morgan fingerprint density at radius 3 is 2.40 bits per heavy atom. The monoisotopic (exact) mass is 386 g/mol. The van der Waals surface area contributed by atoms with Crippen LogP contribution in [0.4, 0.5) is 4.79 Å². The van der Waals surface area contributed by atoms with Gasteiger partial charge in [0.2, 0.25) is 15.9 Å². The van der Waals surface area contributed by atoms with Gasteiger partial charge >= 0.3 is 6.03 Å². The van der Waals surface area contributed by atoms with Gasteiger partial charge in [0.25, 0.3) is 0 Å². The minimum absolute atomic E-state index is 0.146. The van der Waals surface area contributed by atoms with Crippen LogP contribution in [0.2, 0.25) is 0 Å². The van der Waals surface area contributed by atoms with Crippen LogP contribution < -0.4 is 11.1 Å². The van der Waals surface area contributed by atoms with Crippen LogP contribution in [0.25, 0.3) is 0 Å². The van der Waals surface area contributed by atoms with Crippen LogP contribution in [0.15, 0.2) is 28.3 Å². The number of urea groups is 1. The second kappa shape index (κ2) is 8.63. The van der Waals surface area contributed by atoms with Crippen LogP contribution >= 0.6 is 11.8 Å². The first kappa shape index (κ1) is 19.7. The van der Waals surface area contributed by atoms with Gasteiger partial charge in [0.1, 0.15) is 4.90 Å². The number of rotatable bonds is 5. The zero-order valence-electron chi connectivity index (χ0n) is 14.0. The van der Waals surface area contributed by atoms with Gasteiger partial charge < -0.3 is 5.73 Å². The Balaban J connectivity index is 2.05. The van der Waals surface area contributed by atoms with E-state index in [-0.39, 0.29) is 4.90 Å². The smallest absolute Gasteiger partial charge is 0.318 e. The lowest BCUT2D eigenvalue weighted by atomic mass is 10.2. The fraction of sp³-hybridized carbons (Fsp3) is 0.533. The molecule has 0 aromatic carbocycles. The fourth-order valence-corrected chi connectivity index (χ4v) is 4.73. The Kier molecular flexibility index (Phi) is 6.79. The van der Waals surface area contributed by atoms with Gasteiger partial charge in [-0.25, -0.2) is 18.2 Å². The molecule has 1 aliphatic heterocycles. The number of nitrogens with two attached hydrogens (primary N) is 1. The van der Waals surface area contributed by atoms with Crippen molar-refractivity contribution in [1.82, 2.24) is 14.6 Å². The highest BCUT2D eigenvalue weighted by molar-refractivity contribution is 8.00. The lowest BCUT2D eigenvalue weighted by Crippen LogP contribution is -2.39. The molecule has 10 heteroatoms. The molecule has 1 aromatic rings. The maximum Gasteiger partial charge on any atom is 0.318 e. The van der Waals surface area contributed by atoms with Gasteiger partial charge in [0.05, 0.1) is 10.3 Å². The molecule has 1 aliphatic rings. The maximum absolute atomic E-state index is 12.7. The fourth-order valence-electron chi connectivity index (χ4n) is 2.48. The number of primary amides is 1. The Morgan fingerprint density at radius 2 is 1.88 bits per heavy atom. The lowest BCUT2D eigenvalue weighted by Gasteiger charge is -2.19. The molecule has 2 rings (SSSR count). The van der Waals surface area contributed by atoms with E-state index >= 15 is 0 Å². The molecule has 0 saturated carbocycles. The van der Waals surface area contributed by atoms with Crippen molar-refractivity contribution >= 4 is 33.7 Å². The number of thioether (sulfide) groups is 1. The Hall–Kier alpha value is -1.65. The number of hydrogen-bond donors (Lipinski definition) is 2. The molecular formula is C15H22N4O4S2. The van der Waals surface area contributed by atoms with E-state index in [0.717, 1.165) is 37.4 Å². The first-order chi connectivity index (χ1) is 11.8. The molecule has 25 heavy (non-hydrogen) atoms. The number of amides is 3. The van der Waals surface area contributed by atoms with E-state index in [0.29, 0.717) is 18.1 Å². The summed E-state index contributed by atoms with van der Waals surface area (Å²) in [6, 6.07) is 2.14. The zero-order chi connectivity index (χ0) is 18.4. The van der Waals surface area contributed by atoms with E-state index in [2.05, 4.69) is 4.98 Å². The molecule has 0 bridgehead atoms. The van der Waals surface area contributed by atoms with Crippen LogP contribution in [0, 0.1) is 0 Å². The van der Waals surface area contributed by atoms with Crippen molar-refractivity contribution in [3.8, 4) is 0 Å². The molecule has 1 saturated heterocycles. The van der Waals surface area contributed by atoms with Crippen LogP contribution in [0.3, 0.4) is 0 Å². The quantitative estimate of drug-likeness (QED) is 0.736. The van der Waals surface area contributed by atoms with Gasteiger partial charge in [-0.15, -0.1) is 0 Å². The summed E-state index contributed by atoms with van der Waals surface area (Å²) in [5, 5.41) is 1.89. The summed E-state index contributed by atoms with van der Waals surface area (Å²) in [6.07, 6.45) is 5.14. The van der Waals surface area contributed by atoms with E-state index < -0.39 is 27.2 Å². The molecule has 138 valence electrons. The van der Waals surface area contributed by atoms with Crippen LogP contribution in [-0.2, 0) is 14.8 Å². The minimum Gasteiger partial charge on any atom is -0.351 e. The molecule has 2 heterocycles. The first-order valence-electron chi connectivity index (χ1n) is 8.04. The topological polar surface area (TPSA) is 122 Å². The number of nitrogens with zero attached hydrogens (tertiary/aromatic N) is 2. The molecule has 3 amide bonds. The van der Waals surface area contributed by atoms with Gasteiger partial charge in [-0.3, -0.25) is 10.1 Å². The van der Waals surface area contributed by atoms with E-state index in [4.69, 9.17) is 5.73 Å². The number of imide groups is 1. The highest BCUT2D eigenvalue weighted by Gasteiger charge is 2.25. The van der Waals surface area contributed by atoms with Crippen molar-refractivity contribution in [2.45, 2.75) is 47.8 Å². The van der Waals surface area contributed by atoms with Crippen molar-refractivity contribution < 1.29 is 18.0 Å². The van der Waals surface area contributed by atoms with Crippen molar-refractivity contribution in [3.63, 3.8) is 0 Å². The minimum atomic E-state index is -3.54. The zero-order valence-corrected chi connectivity index (χ0v) is 15.6. The molecule has 0 spiro atoms. The van der Waals surface area contributed by atoms with Crippen LogP contribution in [0.5, 0.6) is 0 Å².